The molecule has 0 radical (unpaired) electrons. The molecule has 0 N–H and O–H groups in total. The first-order valence-electron chi connectivity index (χ1n) is 6.90. The molecule has 8 heteroatoms. The Balaban J connectivity index is 1.98. The lowest BCUT2D eigenvalue weighted by molar-refractivity contribution is -0.384. The molecule has 0 atom stereocenters. The lowest BCUT2D eigenvalue weighted by atomic mass is 10.2. The lowest BCUT2D eigenvalue weighted by Crippen LogP contribution is -2.06. The van der Waals surface area contributed by atoms with E-state index in [2.05, 4.69) is 10.1 Å². The number of esters is 1. The molecule has 0 aliphatic carbocycles. The molecule has 116 valence electrons. The molecule has 0 unspecified atom stereocenters. The number of non-ortho nitro benzene ring substituents is 1. The SMILES string of the molecule is CCOC(=O)CCCn1cnc(-c2cccc([N+](=O)[O-])c2)n1. The van der Waals surface area contributed by atoms with Crippen LogP contribution in [-0.4, -0.2) is 32.3 Å². The van der Waals surface area contributed by atoms with Gasteiger partial charge in [0.1, 0.15) is 6.33 Å². The smallest absolute Gasteiger partial charge is 0.305 e. The van der Waals surface area contributed by atoms with E-state index in [-0.39, 0.29) is 11.7 Å². The zero-order valence-electron chi connectivity index (χ0n) is 12.1. The molecule has 0 bridgehead atoms. The summed E-state index contributed by atoms with van der Waals surface area (Å²) >= 11 is 0. The van der Waals surface area contributed by atoms with Crippen LogP contribution in [0.3, 0.4) is 0 Å². The van der Waals surface area contributed by atoms with Crippen molar-refractivity contribution in [2.24, 2.45) is 0 Å². The van der Waals surface area contributed by atoms with Gasteiger partial charge in [0.2, 0.25) is 0 Å². The van der Waals surface area contributed by atoms with E-state index in [9.17, 15) is 14.9 Å². The number of aryl methyl sites for hydroxylation is 1. The van der Waals surface area contributed by atoms with Crippen molar-refractivity contribution in [3.63, 3.8) is 0 Å². The molecule has 0 spiro atoms. The topological polar surface area (TPSA) is 100 Å². The predicted octanol–water partition coefficient (Wildman–Crippen LogP) is 2.20. The van der Waals surface area contributed by atoms with E-state index in [0.717, 1.165) is 0 Å². The van der Waals surface area contributed by atoms with E-state index in [4.69, 9.17) is 4.74 Å². The number of rotatable bonds is 7. The molecule has 1 aromatic heterocycles. The van der Waals surface area contributed by atoms with Crippen molar-refractivity contribution in [2.45, 2.75) is 26.3 Å². The summed E-state index contributed by atoms with van der Waals surface area (Å²) in [6.45, 7) is 2.67. The van der Waals surface area contributed by atoms with E-state index < -0.39 is 4.92 Å². The van der Waals surface area contributed by atoms with Crippen LogP contribution in [0.15, 0.2) is 30.6 Å². The van der Waals surface area contributed by atoms with Crippen molar-refractivity contribution in [1.29, 1.82) is 0 Å². The van der Waals surface area contributed by atoms with Crippen LogP contribution in [0.4, 0.5) is 5.69 Å². The molecule has 22 heavy (non-hydrogen) atoms. The van der Waals surface area contributed by atoms with Gasteiger partial charge in [-0.2, -0.15) is 5.10 Å². The minimum Gasteiger partial charge on any atom is -0.466 e. The summed E-state index contributed by atoms with van der Waals surface area (Å²) < 4.78 is 6.45. The lowest BCUT2D eigenvalue weighted by Gasteiger charge is -2.01. The summed E-state index contributed by atoms with van der Waals surface area (Å²) in [7, 11) is 0. The fourth-order valence-electron chi connectivity index (χ4n) is 1.91. The Labute approximate surface area is 126 Å². The quantitative estimate of drug-likeness (QED) is 0.441. The van der Waals surface area contributed by atoms with Gasteiger partial charge < -0.3 is 4.74 Å². The number of nitrogens with zero attached hydrogens (tertiary/aromatic N) is 4. The predicted molar refractivity (Wildman–Crippen MR) is 78.0 cm³/mol. The largest absolute Gasteiger partial charge is 0.466 e. The summed E-state index contributed by atoms with van der Waals surface area (Å²) in [5.74, 6) is 0.182. The molecule has 0 aliphatic heterocycles. The van der Waals surface area contributed by atoms with Crippen LogP contribution in [0.25, 0.3) is 11.4 Å². The van der Waals surface area contributed by atoms with Crippen LogP contribution >= 0.6 is 0 Å². The highest BCUT2D eigenvalue weighted by Crippen LogP contribution is 2.20. The van der Waals surface area contributed by atoms with Gasteiger partial charge in [0, 0.05) is 30.7 Å². The van der Waals surface area contributed by atoms with Crippen molar-refractivity contribution in [3.05, 3.63) is 40.7 Å². The molecule has 0 amide bonds. The summed E-state index contributed by atoms with van der Waals surface area (Å²) in [6, 6.07) is 6.15. The van der Waals surface area contributed by atoms with E-state index in [1.807, 2.05) is 0 Å². The molecule has 0 saturated heterocycles. The fourth-order valence-corrected chi connectivity index (χ4v) is 1.91. The van der Waals surface area contributed by atoms with Crippen LogP contribution < -0.4 is 0 Å². The molecule has 1 heterocycles. The Hall–Kier alpha value is -2.77. The van der Waals surface area contributed by atoms with E-state index >= 15 is 0 Å². The van der Waals surface area contributed by atoms with Gasteiger partial charge in [0.05, 0.1) is 11.5 Å². The van der Waals surface area contributed by atoms with Gasteiger partial charge in [-0.1, -0.05) is 12.1 Å². The zero-order valence-corrected chi connectivity index (χ0v) is 12.1. The van der Waals surface area contributed by atoms with Crippen LogP contribution in [-0.2, 0) is 16.1 Å². The van der Waals surface area contributed by atoms with Crippen LogP contribution in [0.2, 0.25) is 0 Å². The number of carbonyl (C=O) groups is 1. The zero-order chi connectivity index (χ0) is 15.9. The maximum absolute atomic E-state index is 11.2. The Bertz CT molecular complexity index is 668. The van der Waals surface area contributed by atoms with Gasteiger partial charge in [0.15, 0.2) is 5.82 Å². The minimum atomic E-state index is -0.458. The van der Waals surface area contributed by atoms with Crippen LogP contribution in [0.5, 0.6) is 0 Å². The number of nitro benzene ring substituents is 1. The average Bonchev–Trinajstić information content (AvgIpc) is 2.96. The van der Waals surface area contributed by atoms with E-state index in [1.54, 1.807) is 30.1 Å². The Morgan fingerprint density at radius 1 is 1.45 bits per heavy atom. The van der Waals surface area contributed by atoms with Gasteiger partial charge in [-0.05, 0) is 13.3 Å². The second-order valence-electron chi connectivity index (χ2n) is 4.55. The summed E-state index contributed by atoms with van der Waals surface area (Å²) in [5, 5.41) is 15.0. The van der Waals surface area contributed by atoms with E-state index in [1.165, 1.54) is 12.1 Å². The number of hydrogen-bond acceptors (Lipinski definition) is 6. The number of ether oxygens (including phenoxy) is 1. The number of benzene rings is 1. The van der Waals surface area contributed by atoms with Crippen LogP contribution in [0, 0.1) is 10.1 Å². The van der Waals surface area contributed by atoms with Crippen molar-refractivity contribution >= 4 is 11.7 Å². The van der Waals surface area contributed by atoms with Gasteiger partial charge in [-0.25, -0.2) is 4.98 Å². The number of nitro groups is 1. The summed E-state index contributed by atoms with van der Waals surface area (Å²) in [5.41, 5.74) is 0.578. The summed E-state index contributed by atoms with van der Waals surface area (Å²) in [4.78, 5) is 25.7. The van der Waals surface area contributed by atoms with Crippen LogP contribution in [0.1, 0.15) is 19.8 Å². The third-order valence-electron chi connectivity index (χ3n) is 2.93. The number of hydrogen-bond donors (Lipinski definition) is 0. The third-order valence-corrected chi connectivity index (χ3v) is 2.93. The Morgan fingerprint density at radius 3 is 3.00 bits per heavy atom. The molecule has 0 saturated carbocycles. The highest BCUT2D eigenvalue weighted by Gasteiger charge is 2.10. The second kappa shape index (κ2) is 7.30. The molecular weight excluding hydrogens is 288 g/mol. The fraction of sp³-hybridized carbons (Fsp3) is 0.357. The van der Waals surface area contributed by atoms with Crippen molar-refractivity contribution in [2.75, 3.05) is 6.61 Å². The minimum absolute atomic E-state index is 0.00355. The first-order valence-corrected chi connectivity index (χ1v) is 6.90. The standard InChI is InChI=1S/C14H16N4O4/c1-2-22-13(19)7-4-8-17-10-15-14(16-17)11-5-3-6-12(9-11)18(20)21/h3,5-6,9-10H,2,4,7-8H2,1H3. The summed E-state index contributed by atoms with van der Waals surface area (Å²) in [6.07, 6.45) is 2.45. The normalized spacial score (nSPS) is 10.4. The second-order valence-corrected chi connectivity index (χ2v) is 4.55. The van der Waals surface area contributed by atoms with Crippen molar-refractivity contribution in [1.82, 2.24) is 14.8 Å². The highest BCUT2D eigenvalue weighted by molar-refractivity contribution is 5.69. The molecular formula is C14H16N4O4. The maximum atomic E-state index is 11.2. The number of carbonyl (C=O) groups excluding carboxylic acids is 1. The van der Waals surface area contributed by atoms with Gasteiger partial charge in [0.25, 0.3) is 5.69 Å². The van der Waals surface area contributed by atoms with Crippen molar-refractivity contribution < 1.29 is 14.5 Å². The highest BCUT2D eigenvalue weighted by atomic mass is 16.6. The third kappa shape index (κ3) is 4.11. The van der Waals surface area contributed by atoms with E-state index in [0.29, 0.717) is 37.4 Å². The number of aromatic nitrogens is 3. The molecule has 8 nitrogen and oxygen atoms in total. The van der Waals surface area contributed by atoms with Gasteiger partial charge in [-0.3, -0.25) is 19.6 Å². The average molecular weight is 304 g/mol. The molecule has 2 aromatic rings. The molecule has 0 fully saturated rings. The van der Waals surface area contributed by atoms with Crippen molar-refractivity contribution in [3.8, 4) is 11.4 Å². The first kappa shape index (κ1) is 15.6. The molecule has 1 aromatic carbocycles. The Morgan fingerprint density at radius 2 is 2.27 bits per heavy atom. The molecule has 0 aliphatic rings. The monoisotopic (exact) mass is 304 g/mol. The van der Waals surface area contributed by atoms with Gasteiger partial charge in [-0.15, -0.1) is 0 Å². The maximum Gasteiger partial charge on any atom is 0.305 e. The molecule has 2 rings (SSSR count). The Kier molecular flexibility index (Phi) is 5.18. The van der Waals surface area contributed by atoms with Gasteiger partial charge >= 0.3 is 5.97 Å². The first-order chi connectivity index (χ1) is 10.6.